The van der Waals surface area contributed by atoms with Gasteiger partial charge in [0.25, 0.3) is 0 Å². The number of carboxylic acids is 1. The Morgan fingerprint density at radius 3 is 2.47 bits per heavy atom. The Balaban J connectivity index is 3.08. The fourth-order valence-corrected chi connectivity index (χ4v) is 2.28. The van der Waals surface area contributed by atoms with Gasteiger partial charge in [0.1, 0.15) is 11.1 Å². The third kappa shape index (κ3) is 3.28. The van der Waals surface area contributed by atoms with Crippen molar-refractivity contribution in [2.24, 2.45) is 0 Å². The zero-order valence-electron chi connectivity index (χ0n) is 12.3. The van der Waals surface area contributed by atoms with E-state index in [9.17, 15) is 14.7 Å². The van der Waals surface area contributed by atoms with Gasteiger partial charge in [-0.05, 0) is 34.1 Å². The first kappa shape index (κ1) is 15.5. The van der Waals surface area contributed by atoms with E-state index in [1.165, 1.54) is 4.90 Å². The SMILES string of the molecule is CC[C@@]1(C(=O)O)CC(C)=CCN1C(=O)OC(C)(C)C. The van der Waals surface area contributed by atoms with Crippen LogP contribution in [-0.2, 0) is 9.53 Å². The van der Waals surface area contributed by atoms with E-state index in [0.29, 0.717) is 12.8 Å². The fraction of sp³-hybridized carbons (Fsp3) is 0.714. The minimum absolute atomic E-state index is 0.279. The molecule has 0 bridgehead atoms. The van der Waals surface area contributed by atoms with Gasteiger partial charge in [-0.15, -0.1) is 0 Å². The van der Waals surface area contributed by atoms with Gasteiger partial charge in [-0.1, -0.05) is 18.6 Å². The quantitative estimate of drug-likeness (QED) is 0.783. The van der Waals surface area contributed by atoms with Crippen molar-refractivity contribution in [1.82, 2.24) is 4.90 Å². The molecule has 19 heavy (non-hydrogen) atoms. The first-order valence-electron chi connectivity index (χ1n) is 6.52. The molecule has 0 radical (unpaired) electrons. The summed E-state index contributed by atoms with van der Waals surface area (Å²) in [6, 6.07) is 0. The molecule has 0 unspecified atom stereocenters. The molecule has 0 aromatic heterocycles. The molecular formula is C14H23NO4. The van der Waals surface area contributed by atoms with Crippen molar-refractivity contribution in [3.05, 3.63) is 11.6 Å². The van der Waals surface area contributed by atoms with Gasteiger partial charge in [0, 0.05) is 13.0 Å². The van der Waals surface area contributed by atoms with Crippen LogP contribution in [0, 0.1) is 0 Å². The van der Waals surface area contributed by atoms with Crippen LogP contribution in [0.25, 0.3) is 0 Å². The molecule has 108 valence electrons. The van der Waals surface area contributed by atoms with Gasteiger partial charge in [0.2, 0.25) is 0 Å². The second-order valence-electron chi connectivity index (χ2n) is 6.01. The first-order chi connectivity index (χ1) is 8.62. The molecule has 1 aliphatic heterocycles. The van der Waals surface area contributed by atoms with Gasteiger partial charge in [-0.3, -0.25) is 4.90 Å². The maximum absolute atomic E-state index is 12.2. The third-order valence-electron chi connectivity index (χ3n) is 3.31. The highest BCUT2D eigenvalue weighted by molar-refractivity contribution is 5.85. The van der Waals surface area contributed by atoms with Gasteiger partial charge in [-0.25, -0.2) is 9.59 Å². The number of carbonyl (C=O) groups excluding carboxylic acids is 1. The highest BCUT2D eigenvalue weighted by Crippen LogP contribution is 2.33. The van der Waals surface area contributed by atoms with E-state index in [-0.39, 0.29) is 6.54 Å². The van der Waals surface area contributed by atoms with E-state index < -0.39 is 23.2 Å². The Morgan fingerprint density at radius 1 is 1.47 bits per heavy atom. The van der Waals surface area contributed by atoms with Gasteiger partial charge < -0.3 is 9.84 Å². The summed E-state index contributed by atoms with van der Waals surface area (Å²) in [6.07, 6.45) is 2.01. The molecule has 0 saturated carbocycles. The average molecular weight is 269 g/mol. The monoisotopic (exact) mass is 269 g/mol. The van der Waals surface area contributed by atoms with Crippen LogP contribution >= 0.6 is 0 Å². The number of aliphatic carboxylic acids is 1. The van der Waals surface area contributed by atoms with Crippen LogP contribution in [0.2, 0.25) is 0 Å². The Kier molecular flexibility index (Phi) is 4.28. The Hall–Kier alpha value is -1.52. The summed E-state index contributed by atoms with van der Waals surface area (Å²) in [5, 5.41) is 9.55. The molecular weight excluding hydrogens is 246 g/mol. The van der Waals surface area contributed by atoms with E-state index in [1.807, 2.05) is 13.0 Å². The smallest absolute Gasteiger partial charge is 0.411 e. The summed E-state index contributed by atoms with van der Waals surface area (Å²) in [5.74, 6) is -0.978. The van der Waals surface area contributed by atoms with Crippen molar-refractivity contribution in [2.45, 2.75) is 58.6 Å². The molecule has 0 aromatic rings. The third-order valence-corrected chi connectivity index (χ3v) is 3.31. The van der Waals surface area contributed by atoms with Crippen molar-refractivity contribution in [3.8, 4) is 0 Å². The minimum Gasteiger partial charge on any atom is -0.479 e. The number of ether oxygens (including phenoxy) is 1. The van der Waals surface area contributed by atoms with Crippen molar-refractivity contribution < 1.29 is 19.4 Å². The van der Waals surface area contributed by atoms with Crippen molar-refractivity contribution in [2.75, 3.05) is 6.54 Å². The molecule has 1 amide bonds. The Bertz CT molecular complexity index is 408. The summed E-state index contributed by atoms with van der Waals surface area (Å²) < 4.78 is 5.31. The summed E-state index contributed by atoms with van der Waals surface area (Å²) in [4.78, 5) is 25.2. The predicted molar refractivity (Wildman–Crippen MR) is 72.0 cm³/mol. The highest BCUT2D eigenvalue weighted by Gasteiger charge is 2.48. The van der Waals surface area contributed by atoms with Gasteiger partial charge in [0.15, 0.2) is 0 Å². The molecule has 1 heterocycles. The largest absolute Gasteiger partial charge is 0.479 e. The van der Waals surface area contributed by atoms with E-state index >= 15 is 0 Å². The molecule has 1 N–H and O–H groups in total. The normalized spacial score (nSPS) is 23.8. The molecule has 5 nitrogen and oxygen atoms in total. The summed E-state index contributed by atoms with van der Waals surface area (Å²) in [7, 11) is 0. The van der Waals surface area contributed by atoms with Crippen LogP contribution < -0.4 is 0 Å². The highest BCUT2D eigenvalue weighted by atomic mass is 16.6. The number of amides is 1. The number of hydrogen-bond acceptors (Lipinski definition) is 3. The summed E-state index contributed by atoms with van der Waals surface area (Å²) in [5.41, 5.74) is -0.837. The molecule has 0 spiro atoms. The molecule has 0 aliphatic carbocycles. The maximum Gasteiger partial charge on any atom is 0.411 e. The van der Waals surface area contributed by atoms with Gasteiger partial charge in [-0.2, -0.15) is 0 Å². The van der Waals surface area contributed by atoms with E-state index in [4.69, 9.17) is 4.74 Å². The Morgan fingerprint density at radius 2 is 2.05 bits per heavy atom. The average Bonchev–Trinajstić information content (AvgIpc) is 2.25. The molecule has 0 fully saturated rings. The number of rotatable bonds is 2. The van der Waals surface area contributed by atoms with Crippen LogP contribution in [0.1, 0.15) is 47.5 Å². The molecule has 1 atom stereocenters. The topological polar surface area (TPSA) is 66.8 Å². The number of hydrogen-bond donors (Lipinski definition) is 1. The van der Waals surface area contributed by atoms with Gasteiger partial charge >= 0.3 is 12.1 Å². The lowest BCUT2D eigenvalue weighted by molar-refractivity contribution is -0.151. The van der Waals surface area contributed by atoms with Crippen LogP contribution in [0.4, 0.5) is 4.79 Å². The van der Waals surface area contributed by atoms with Crippen LogP contribution in [0.5, 0.6) is 0 Å². The van der Waals surface area contributed by atoms with Crippen molar-refractivity contribution in [1.29, 1.82) is 0 Å². The zero-order valence-corrected chi connectivity index (χ0v) is 12.3. The number of carboxylic acid groups (broad SMARTS) is 1. The maximum atomic E-state index is 12.2. The first-order valence-corrected chi connectivity index (χ1v) is 6.52. The number of nitrogens with zero attached hydrogens (tertiary/aromatic N) is 1. The summed E-state index contributed by atoms with van der Waals surface area (Å²) >= 11 is 0. The molecule has 1 rings (SSSR count). The fourth-order valence-electron chi connectivity index (χ4n) is 2.28. The van der Waals surface area contributed by atoms with Crippen LogP contribution in [0.15, 0.2) is 11.6 Å². The minimum atomic E-state index is -1.19. The summed E-state index contributed by atoms with van der Waals surface area (Å²) in [6.45, 7) is 9.25. The second kappa shape index (κ2) is 5.23. The van der Waals surface area contributed by atoms with E-state index in [2.05, 4.69) is 0 Å². The van der Waals surface area contributed by atoms with E-state index in [0.717, 1.165) is 5.57 Å². The number of carbonyl (C=O) groups is 2. The van der Waals surface area contributed by atoms with Crippen molar-refractivity contribution >= 4 is 12.1 Å². The lowest BCUT2D eigenvalue weighted by Crippen LogP contribution is -2.59. The van der Waals surface area contributed by atoms with Crippen molar-refractivity contribution in [3.63, 3.8) is 0 Å². The molecule has 0 saturated heterocycles. The molecule has 0 aromatic carbocycles. The predicted octanol–water partition coefficient (Wildman–Crippen LogP) is 2.81. The Labute approximate surface area is 114 Å². The van der Waals surface area contributed by atoms with Crippen LogP contribution in [0.3, 0.4) is 0 Å². The lowest BCUT2D eigenvalue weighted by atomic mass is 9.84. The second-order valence-corrected chi connectivity index (χ2v) is 6.01. The molecule has 5 heteroatoms. The standard InChI is InChI=1S/C14H23NO4/c1-6-14(11(16)17)9-10(2)7-8-15(14)12(18)19-13(3,4)5/h7H,6,8-9H2,1-5H3,(H,16,17)/t14-/m0/s1. The van der Waals surface area contributed by atoms with Gasteiger partial charge in [0.05, 0.1) is 0 Å². The zero-order chi connectivity index (χ0) is 14.8. The van der Waals surface area contributed by atoms with E-state index in [1.54, 1.807) is 27.7 Å². The lowest BCUT2D eigenvalue weighted by Gasteiger charge is -2.42. The van der Waals surface area contributed by atoms with Crippen LogP contribution in [-0.4, -0.2) is 39.8 Å². The molecule has 1 aliphatic rings.